The maximum absolute atomic E-state index is 12.7. The van der Waals surface area contributed by atoms with Crippen molar-refractivity contribution in [3.05, 3.63) is 26.2 Å². The summed E-state index contributed by atoms with van der Waals surface area (Å²) in [6.45, 7) is 0. The Morgan fingerprint density at radius 1 is 0.909 bits per heavy atom. The Hall–Kier alpha value is 0.240. The highest BCUT2D eigenvalue weighted by atomic mass is 35.5. The van der Waals surface area contributed by atoms with Crippen LogP contribution in [0.1, 0.15) is 0 Å². The van der Waals surface area contributed by atoms with E-state index < -0.39 is 5.82 Å². The Kier molecular flexibility index (Phi) is 2.81. The van der Waals surface area contributed by atoms with Gasteiger partial charge >= 0.3 is 0 Å². The van der Waals surface area contributed by atoms with Gasteiger partial charge in [-0.1, -0.05) is 46.4 Å². The van der Waals surface area contributed by atoms with E-state index in [1.54, 1.807) is 0 Å². The number of pyridine rings is 1. The van der Waals surface area contributed by atoms with Crippen molar-refractivity contribution in [3.8, 4) is 0 Å². The van der Waals surface area contributed by atoms with Crippen LogP contribution in [0.3, 0.4) is 0 Å². The van der Waals surface area contributed by atoms with Gasteiger partial charge in [0.2, 0.25) is 0 Å². The average Bonchev–Trinajstić information content (AvgIpc) is 1.97. The Bertz CT molecular complexity index is 275. The number of rotatable bonds is 0. The minimum atomic E-state index is -0.859. The molecule has 0 aliphatic carbocycles. The molecule has 0 radical (unpaired) electrons. The summed E-state index contributed by atoms with van der Waals surface area (Å²) in [5.74, 6) is -0.859. The van der Waals surface area contributed by atoms with Crippen LogP contribution in [0.4, 0.5) is 4.39 Å². The third kappa shape index (κ3) is 1.70. The fraction of sp³-hybridized carbons (Fsp3) is 0. The Balaban J connectivity index is 3.46. The summed E-state index contributed by atoms with van der Waals surface area (Å²) in [4.78, 5) is 3.37. The zero-order chi connectivity index (χ0) is 8.59. The summed E-state index contributed by atoms with van der Waals surface area (Å²) >= 11 is 21.5. The summed E-state index contributed by atoms with van der Waals surface area (Å²) in [5.41, 5.74) is 0. The SMILES string of the molecule is Fc1c(Cl)nc(Cl)c(Cl)c1Cl. The van der Waals surface area contributed by atoms with Gasteiger partial charge in [0.1, 0.15) is 5.02 Å². The summed E-state index contributed by atoms with van der Waals surface area (Å²) in [6.07, 6.45) is 0. The van der Waals surface area contributed by atoms with Crippen molar-refractivity contribution in [1.82, 2.24) is 4.98 Å². The molecule has 1 rings (SSSR count). The van der Waals surface area contributed by atoms with Crippen LogP contribution in [0, 0.1) is 5.82 Å². The molecule has 0 spiro atoms. The average molecular weight is 235 g/mol. The van der Waals surface area contributed by atoms with E-state index >= 15 is 0 Å². The van der Waals surface area contributed by atoms with Crippen molar-refractivity contribution in [2.45, 2.75) is 0 Å². The first-order chi connectivity index (χ1) is 5.04. The third-order valence-corrected chi connectivity index (χ3v) is 2.38. The highest BCUT2D eigenvalue weighted by Crippen LogP contribution is 2.33. The molecule has 0 amide bonds. The van der Waals surface area contributed by atoms with E-state index in [0.717, 1.165) is 0 Å². The number of halogens is 5. The molecule has 0 saturated carbocycles. The molecule has 0 unspecified atom stereocenters. The van der Waals surface area contributed by atoms with Gasteiger partial charge in [0.25, 0.3) is 0 Å². The lowest BCUT2D eigenvalue weighted by molar-refractivity contribution is 0.622. The molecular formula is C5Cl4FN. The van der Waals surface area contributed by atoms with Crippen LogP contribution in [0.5, 0.6) is 0 Å². The molecule has 60 valence electrons. The number of nitrogens with zero attached hydrogens (tertiary/aromatic N) is 1. The molecule has 1 aromatic rings. The minimum absolute atomic E-state index is 0.108. The van der Waals surface area contributed by atoms with Gasteiger partial charge in [-0.25, -0.2) is 9.37 Å². The second kappa shape index (κ2) is 3.31. The fourth-order valence-electron chi connectivity index (χ4n) is 0.462. The normalized spacial score (nSPS) is 10.3. The summed E-state index contributed by atoms with van der Waals surface area (Å²) in [5, 5.41) is -0.931. The molecule has 0 N–H and O–H groups in total. The van der Waals surface area contributed by atoms with Gasteiger partial charge in [-0.2, -0.15) is 0 Å². The molecule has 0 aromatic carbocycles. The maximum atomic E-state index is 12.7. The molecular weight excluding hydrogens is 235 g/mol. The van der Waals surface area contributed by atoms with Crippen LogP contribution in [0.2, 0.25) is 20.4 Å². The van der Waals surface area contributed by atoms with Crippen molar-refractivity contribution in [1.29, 1.82) is 0 Å². The highest BCUT2D eigenvalue weighted by Gasteiger charge is 2.14. The van der Waals surface area contributed by atoms with Crippen molar-refractivity contribution < 1.29 is 4.39 Å². The molecule has 6 heteroatoms. The van der Waals surface area contributed by atoms with E-state index in [0.29, 0.717) is 0 Å². The molecule has 0 bridgehead atoms. The summed E-state index contributed by atoms with van der Waals surface area (Å²) in [7, 11) is 0. The number of aromatic nitrogens is 1. The van der Waals surface area contributed by atoms with Gasteiger partial charge in [-0.3, -0.25) is 0 Å². The van der Waals surface area contributed by atoms with Gasteiger partial charge in [0.15, 0.2) is 16.1 Å². The van der Waals surface area contributed by atoms with Crippen molar-refractivity contribution in [2.75, 3.05) is 0 Å². The Morgan fingerprint density at radius 3 is 2.00 bits per heavy atom. The lowest BCUT2D eigenvalue weighted by atomic mass is 10.5. The minimum Gasteiger partial charge on any atom is -0.220 e. The van der Waals surface area contributed by atoms with Crippen molar-refractivity contribution in [3.63, 3.8) is 0 Å². The molecule has 0 saturated heterocycles. The van der Waals surface area contributed by atoms with Gasteiger partial charge in [0.05, 0.1) is 5.02 Å². The number of hydrogen-bond donors (Lipinski definition) is 0. The first kappa shape index (κ1) is 9.33. The smallest absolute Gasteiger partial charge is 0.180 e. The molecule has 1 aromatic heterocycles. The predicted octanol–water partition coefficient (Wildman–Crippen LogP) is 3.83. The first-order valence-corrected chi connectivity index (χ1v) is 3.90. The lowest BCUT2D eigenvalue weighted by Gasteiger charge is -1.99. The number of hydrogen-bond acceptors (Lipinski definition) is 1. The molecule has 0 atom stereocenters. The van der Waals surface area contributed by atoms with Gasteiger partial charge < -0.3 is 0 Å². The highest BCUT2D eigenvalue weighted by molar-refractivity contribution is 6.48. The zero-order valence-electron chi connectivity index (χ0n) is 4.84. The Labute approximate surface area is 82.0 Å². The van der Waals surface area contributed by atoms with E-state index in [1.807, 2.05) is 0 Å². The van der Waals surface area contributed by atoms with Crippen LogP contribution >= 0.6 is 46.4 Å². The topological polar surface area (TPSA) is 12.9 Å². The lowest BCUT2D eigenvalue weighted by Crippen LogP contribution is -1.86. The summed E-state index contributed by atoms with van der Waals surface area (Å²) in [6, 6.07) is 0. The Morgan fingerprint density at radius 2 is 1.45 bits per heavy atom. The van der Waals surface area contributed by atoms with Crippen LogP contribution < -0.4 is 0 Å². The van der Waals surface area contributed by atoms with E-state index in [1.165, 1.54) is 0 Å². The van der Waals surface area contributed by atoms with Gasteiger partial charge in [-0.05, 0) is 0 Å². The van der Waals surface area contributed by atoms with Crippen LogP contribution in [0.15, 0.2) is 0 Å². The van der Waals surface area contributed by atoms with Crippen molar-refractivity contribution >= 4 is 46.4 Å². The van der Waals surface area contributed by atoms with E-state index in [2.05, 4.69) is 4.98 Å². The fourth-order valence-corrected chi connectivity index (χ4v) is 1.26. The van der Waals surface area contributed by atoms with E-state index in [9.17, 15) is 4.39 Å². The molecule has 11 heavy (non-hydrogen) atoms. The standard InChI is InChI=1S/C5Cl4FN/c6-1-2(7)4(8)11-5(9)3(1)10. The van der Waals surface area contributed by atoms with Crippen LogP contribution in [0.25, 0.3) is 0 Å². The molecule has 0 aliphatic heterocycles. The second-order valence-corrected chi connectivity index (χ2v) is 3.11. The third-order valence-electron chi connectivity index (χ3n) is 0.944. The first-order valence-electron chi connectivity index (χ1n) is 2.39. The maximum Gasteiger partial charge on any atom is 0.180 e. The quantitative estimate of drug-likeness (QED) is 0.622. The van der Waals surface area contributed by atoms with Crippen LogP contribution in [-0.2, 0) is 0 Å². The van der Waals surface area contributed by atoms with Gasteiger partial charge in [0, 0.05) is 0 Å². The monoisotopic (exact) mass is 233 g/mol. The second-order valence-electron chi connectivity index (χ2n) is 1.64. The summed E-state index contributed by atoms with van der Waals surface area (Å²) < 4.78 is 12.7. The zero-order valence-corrected chi connectivity index (χ0v) is 7.86. The van der Waals surface area contributed by atoms with E-state index in [-0.39, 0.29) is 20.4 Å². The molecule has 1 heterocycles. The largest absolute Gasteiger partial charge is 0.220 e. The predicted molar refractivity (Wildman–Crippen MR) is 44.2 cm³/mol. The molecule has 0 fully saturated rings. The van der Waals surface area contributed by atoms with Gasteiger partial charge in [-0.15, -0.1) is 0 Å². The van der Waals surface area contributed by atoms with Crippen LogP contribution in [-0.4, -0.2) is 4.98 Å². The molecule has 1 nitrogen and oxygen atoms in total. The molecule has 0 aliphatic rings. The van der Waals surface area contributed by atoms with E-state index in [4.69, 9.17) is 46.4 Å². The van der Waals surface area contributed by atoms with Crippen molar-refractivity contribution in [2.24, 2.45) is 0 Å².